The molecule has 2 aromatic rings. The number of nitrogens with one attached hydrogen (secondary N) is 1. The Bertz CT molecular complexity index is 809. The van der Waals surface area contributed by atoms with E-state index in [-0.39, 0.29) is 16.9 Å². The number of aromatic nitrogens is 2. The van der Waals surface area contributed by atoms with E-state index in [1.807, 2.05) is 17.8 Å². The Morgan fingerprint density at radius 3 is 2.83 bits per heavy atom. The summed E-state index contributed by atoms with van der Waals surface area (Å²) in [6.45, 7) is 4.37. The molecule has 3 rings (SSSR count). The van der Waals surface area contributed by atoms with Gasteiger partial charge in [-0.15, -0.1) is 0 Å². The first-order valence-corrected chi connectivity index (χ1v) is 9.52. The molecule has 8 heteroatoms. The second kappa shape index (κ2) is 6.70. The number of nitrogens with zero attached hydrogens (tertiary/aromatic N) is 2. The summed E-state index contributed by atoms with van der Waals surface area (Å²) < 4.78 is 40.9. The molecular weight excluding hydrogens is 330 g/mol. The average molecular weight is 353 g/mol. The van der Waals surface area contributed by atoms with Gasteiger partial charge in [0.15, 0.2) is 0 Å². The zero-order valence-electron chi connectivity index (χ0n) is 14.2. The Morgan fingerprint density at radius 1 is 1.42 bits per heavy atom. The molecule has 0 aliphatic carbocycles. The summed E-state index contributed by atoms with van der Waals surface area (Å²) in [5.74, 6) is 1.86. The lowest BCUT2D eigenvalue weighted by molar-refractivity contribution is -0.0328. The summed E-state index contributed by atoms with van der Waals surface area (Å²) in [5.41, 5.74) is 0. The molecule has 132 valence electrons. The van der Waals surface area contributed by atoms with Gasteiger partial charge < -0.3 is 13.7 Å². The summed E-state index contributed by atoms with van der Waals surface area (Å²) in [6.07, 6.45) is 5.20. The van der Waals surface area contributed by atoms with E-state index in [1.54, 1.807) is 26.1 Å². The number of furan rings is 1. The Balaban J connectivity index is 1.74. The van der Waals surface area contributed by atoms with Gasteiger partial charge in [0.1, 0.15) is 28.3 Å². The fraction of sp³-hybridized carbons (Fsp3) is 0.562. The quantitative estimate of drug-likeness (QED) is 0.889. The van der Waals surface area contributed by atoms with Crippen LogP contribution in [0, 0.1) is 19.8 Å². The highest BCUT2D eigenvalue weighted by molar-refractivity contribution is 7.89. The Morgan fingerprint density at radius 2 is 2.21 bits per heavy atom. The molecule has 2 atom stereocenters. The van der Waals surface area contributed by atoms with Crippen molar-refractivity contribution < 1.29 is 17.6 Å². The third kappa shape index (κ3) is 3.40. The van der Waals surface area contributed by atoms with E-state index in [1.165, 1.54) is 0 Å². The third-order valence-electron chi connectivity index (χ3n) is 4.38. The van der Waals surface area contributed by atoms with Crippen LogP contribution < -0.4 is 4.72 Å². The molecule has 1 aliphatic rings. The van der Waals surface area contributed by atoms with Crippen LogP contribution in [0.25, 0.3) is 0 Å². The number of rotatable bonds is 5. The van der Waals surface area contributed by atoms with Gasteiger partial charge in [0.2, 0.25) is 10.0 Å². The normalized spacial score (nSPS) is 22.0. The number of sulfonamides is 1. The third-order valence-corrected chi connectivity index (χ3v) is 5.91. The Hall–Kier alpha value is -1.64. The first-order chi connectivity index (χ1) is 11.4. The molecule has 3 heterocycles. The Labute approximate surface area is 142 Å². The molecule has 0 amide bonds. The lowest BCUT2D eigenvalue weighted by Crippen LogP contribution is -2.36. The lowest BCUT2D eigenvalue weighted by Gasteiger charge is -2.31. The molecular formula is C16H23N3O4S. The smallest absolute Gasteiger partial charge is 0.244 e. The summed E-state index contributed by atoms with van der Waals surface area (Å²) >= 11 is 0. The highest BCUT2D eigenvalue weighted by Crippen LogP contribution is 2.32. The van der Waals surface area contributed by atoms with Crippen LogP contribution in [0.2, 0.25) is 0 Å². The average Bonchev–Trinajstić information content (AvgIpc) is 3.11. The SMILES string of the molecule is Cc1cc(S(=O)(=O)NC[C@@H]2CCCO[C@H]2c2nccn2C)c(C)o1. The molecule has 1 aliphatic heterocycles. The second-order valence-electron chi connectivity index (χ2n) is 6.22. The molecule has 0 radical (unpaired) electrons. The van der Waals surface area contributed by atoms with E-state index >= 15 is 0 Å². The number of aryl methyl sites for hydroxylation is 3. The van der Waals surface area contributed by atoms with Gasteiger partial charge in [0.05, 0.1) is 0 Å². The van der Waals surface area contributed by atoms with E-state index in [2.05, 4.69) is 9.71 Å². The lowest BCUT2D eigenvalue weighted by atomic mass is 9.94. The van der Waals surface area contributed by atoms with Crippen LogP contribution in [0.3, 0.4) is 0 Å². The number of imidazole rings is 1. The summed E-state index contributed by atoms with van der Waals surface area (Å²) in [7, 11) is -1.68. The minimum atomic E-state index is -3.60. The van der Waals surface area contributed by atoms with Gasteiger partial charge in [-0.25, -0.2) is 18.1 Å². The van der Waals surface area contributed by atoms with Crippen LogP contribution in [0.4, 0.5) is 0 Å². The molecule has 0 bridgehead atoms. The van der Waals surface area contributed by atoms with Crippen LogP contribution in [-0.2, 0) is 21.8 Å². The van der Waals surface area contributed by atoms with Crippen molar-refractivity contribution in [3.05, 3.63) is 35.8 Å². The largest absolute Gasteiger partial charge is 0.465 e. The van der Waals surface area contributed by atoms with Crippen LogP contribution in [0.1, 0.15) is 36.3 Å². The van der Waals surface area contributed by atoms with Crippen molar-refractivity contribution in [3.8, 4) is 0 Å². The molecule has 1 N–H and O–H groups in total. The van der Waals surface area contributed by atoms with E-state index in [0.717, 1.165) is 18.7 Å². The molecule has 0 spiro atoms. The molecule has 1 fully saturated rings. The van der Waals surface area contributed by atoms with Gasteiger partial charge in [-0.2, -0.15) is 0 Å². The molecule has 1 saturated heterocycles. The zero-order chi connectivity index (χ0) is 17.3. The standard InChI is InChI=1S/C16H23N3O4S/c1-11-9-14(12(2)23-11)24(20,21)18-10-13-5-4-8-22-15(13)16-17-6-7-19(16)3/h6-7,9,13,15,18H,4-5,8,10H2,1-3H3/t13-,15+/m0/s1. The van der Waals surface area contributed by atoms with Crippen molar-refractivity contribution in [3.63, 3.8) is 0 Å². The van der Waals surface area contributed by atoms with Gasteiger partial charge in [0, 0.05) is 38.5 Å². The first-order valence-electron chi connectivity index (χ1n) is 8.04. The van der Waals surface area contributed by atoms with Crippen molar-refractivity contribution in [2.45, 2.75) is 37.7 Å². The highest BCUT2D eigenvalue weighted by Gasteiger charge is 2.32. The molecule has 0 saturated carbocycles. The van der Waals surface area contributed by atoms with Gasteiger partial charge in [0.25, 0.3) is 0 Å². The van der Waals surface area contributed by atoms with Crippen LogP contribution >= 0.6 is 0 Å². The van der Waals surface area contributed by atoms with E-state index < -0.39 is 10.0 Å². The van der Waals surface area contributed by atoms with Crippen molar-refractivity contribution in [1.29, 1.82) is 0 Å². The van der Waals surface area contributed by atoms with E-state index in [4.69, 9.17) is 9.15 Å². The first kappa shape index (κ1) is 17.2. The summed E-state index contributed by atoms with van der Waals surface area (Å²) in [5, 5.41) is 0. The monoisotopic (exact) mass is 353 g/mol. The van der Waals surface area contributed by atoms with Gasteiger partial charge in [-0.3, -0.25) is 0 Å². The van der Waals surface area contributed by atoms with Gasteiger partial charge in [-0.05, 0) is 32.8 Å². The maximum Gasteiger partial charge on any atom is 0.244 e. The van der Waals surface area contributed by atoms with E-state index in [9.17, 15) is 8.42 Å². The maximum absolute atomic E-state index is 12.5. The van der Waals surface area contributed by atoms with E-state index in [0.29, 0.717) is 24.7 Å². The predicted octanol–water partition coefficient (Wildman–Crippen LogP) is 2.08. The Kier molecular flexibility index (Phi) is 4.80. The number of ether oxygens (including phenoxy) is 1. The van der Waals surface area contributed by atoms with Crippen molar-refractivity contribution in [2.24, 2.45) is 13.0 Å². The minimum absolute atomic E-state index is 0.0444. The van der Waals surface area contributed by atoms with Crippen LogP contribution in [0.15, 0.2) is 27.8 Å². The van der Waals surface area contributed by atoms with Crippen molar-refractivity contribution in [2.75, 3.05) is 13.2 Å². The summed E-state index contributed by atoms with van der Waals surface area (Å²) in [6, 6.07) is 1.55. The summed E-state index contributed by atoms with van der Waals surface area (Å²) in [4.78, 5) is 4.55. The number of hydrogen-bond donors (Lipinski definition) is 1. The van der Waals surface area contributed by atoms with Gasteiger partial charge in [-0.1, -0.05) is 0 Å². The van der Waals surface area contributed by atoms with Crippen LogP contribution in [-0.4, -0.2) is 31.1 Å². The van der Waals surface area contributed by atoms with Crippen molar-refractivity contribution in [1.82, 2.24) is 14.3 Å². The predicted molar refractivity (Wildman–Crippen MR) is 88.0 cm³/mol. The highest BCUT2D eigenvalue weighted by atomic mass is 32.2. The van der Waals surface area contributed by atoms with Crippen molar-refractivity contribution >= 4 is 10.0 Å². The molecule has 7 nitrogen and oxygen atoms in total. The fourth-order valence-electron chi connectivity index (χ4n) is 3.16. The minimum Gasteiger partial charge on any atom is -0.465 e. The zero-order valence-corrected chi connectivity index (χ0v) is 15.0. The maximum atomic E-state index is 12.5. The molecule has 2 aromatic heterocycles. The van der Waals surface area contributed by atoms with Crippen LogP contribution in [0.5, 0.6) is 0 Å². The number of hydrogen-bond acceptors (Lipinski definition) is 5. The topological polar surface area (TPSA) is 86.4 Å². The molecule has 0 aromatic carbocycles. The molecule has 24 heavy (non-hydrogen) atoms. The second-order valence-corrected chi connectivity index (χ2v) is 7.95. The molecule has 0 unspecified atom stereocenters. The fourth-order valence-corrected chi connectivity index (χ4v) is 4.49. The van der Waals surface area contributed by atoms with Gasteiger partial charge >= 0.3 is 0 Å².